The van der Waals surface area contributed by atoms with E-state index < -0.39 is 16.1 Å². The average Bonchev–Trinajstić information content (AvgIpc) is 3.11. The van der Waals surface area contributed by atoms with Crippen LogP contribution in [0.2, 0.25) is 0 Å². The number of thioether (sulfide) groups is 1. The number of carbonyl (C=O) groups excluding carboxylic acids is 2. The maximum absolute atomic E-state index is 13.1. The SMILES string of the molecule is COc1cc(/C=C2/SC(=O)N(Cc3ccc([N+](=O)[O-])cc3)C2=O)cc(Br)c1OCc1ccc(F)cc1. The van der Waals surface area contributed by atoms with Gasteiger partial charge in [0.15, 0.2) is 11.5 Å². The first-order chi connectivity index (χ1) is 17.2. The number of rotatable bonds is 8. The van der Waals surface area contributed by atoms with Gasteiger partial charge in [-0.3, -0.25) is 24.6 Å². The summed E-state index contributed by atoms with van der Waals surface area (Å²) >= 11 is 4.27. The molecule has 36 heavy (non-hydrogen) atoms. The van der Waals surface area contributed by atoms with Gasteiger partial charge >= 0.3 is 0 Å². The van der Waals surface area contributed by atoms with Crippen LogP contribution in [-0.4, -0.2) is 28.1 Å². The van der Waals surface area contributed by atoms with Crippen molar-refractivity contribution in [3.63, 3.8) is 0 Å². The zero-order valence-corrected chi connectivity index (χ0v) is 21.2. The predicted molar refractivity (Wildman–Crippen MR) is 136 cm³/mol. The van der Waals surface area contributed by atoms with Crippen molar-refractivity contribution >= 4 is 50.6 Å². The highest BCUT2D eigenvalue weighted by Gasteiger charge is 2.35. The Hall–Kier alpha value is -3.70. The molecule has 1 fully saturated rings. The number of carbonyl (C=O) groups is 2. The van der Waals surface area contributed by atoms with E-state index in [-0.39, 0.29) is 29.6 Å². The first kappa shape index (κ1) is 25.4. The minimum absolute atomic E-state index is 0.00315. The van der Waals surface area contributed by atoms with Gasteiger partial charge in [-0.15, -0.1) is 0 Å². The Morgan fingerprint density at radius 2 is 1.75 bits per heavy atom. The summed E-state index contributed by atoms with van der Waals surface area (Å²) in [6.45, 7) is 0.194. The third-order valence-corrected chi connectivity index (χ3v) is 6.70. The summed E-state index contributed by atoms with van der Waals surface area (Å²) in [6, 6.07) is 15.0. The van der Waals surface area contributed by atoms with Gasteiger partial charge in [-0.1, -0.05) is 24.3 Å². The number of nitro groups is 1. The van der Waals surface area contributed by atoms with E-state index in [9.17, 15) is 24.1 Å². The van der Waals surface area contributed by atoms with Crippen LogP contribution in [0.15, 0.2) is 70.0 Å². The van der Waals surface area contributed by atoms with Crippen molar-refractivity contribution in [3.05, 3.63) is 103 Å². The van der Waals surface area contributed by atoms with Crippen LogP contribution in [0.5, 0.6) is 11.5 Å². The summed E-state index contributed by atoms with van der Waals surface area (Å²) in [5.41, 5.74) is 1.90. The van der Waals surface area contributed by atoms with Crippen LogP contribution in [-0.2, 0) is 17.9 Å². The molecular formula is C25H18BrFN2O6S. The maximum atomic E-state index is 13.1. The summed E-state index contributed by atoms with van der Waals surface area (Å²) < 4.78 is 25.0. The molecule has 0 N–H and O–H groups in total. The molecule has 0 atom stereocenters. The Morgan fingerprint density at radius 3 is 2.39 bits per heavy atom. The van der Waals surface area contributed by atoms with Crippen molar-refractivity contribution in [2.45, 2.75) is 13.2 Å². The highest BCUT2D eigenvalue weighted by molar-refractivity contribution is 9.10. The van der Waals surface area contributed by atoms with Gasteiger partial charge in [0.05, 0.1) is 28.0 Å². The number of nitrogens with zero attached hydrogens (tertiary/aromatic N) is 2. The molecule has 184 valence electrons. The Balaban J connectivity index is 1.50. The van der Waals surface area contributed by atoms with Crippen molar-refractivity contribution in [1.29, 1.82) is 0 Å². The van der Waals surface area contributed by atoms with Gasteiger partial charge in [0.1, 0.15) is 12.4 Å². The number of imide groups is 1. The number of halogens is 2. The molecule has 1 aliphatic rings. The fraction of sp³-hybridized carbons (Fsp3) is 0.120. The molecule has 3 aromatic rings. The Morgan fingerprint density at radius 1 is 1.08 bits per heavy atom. The Kier molecular flexibility index (Phi) is 7.70. The lowest BCUT2D eigenvalue weighted by Crippen LogP contribution is -2.27. The number of methoxy groups -OCH3 is 1. The molecular weight excluding hydrogens is 555 g/mol. The van der Waals surface area contributed by atoms with Gasteiger partial charge in [-0.05, 0) is 74.7 Å². The topological polar surface area (TPSA) is 99.0 Å². The van der Waals surface area contributed by atoms with Gasteiger partial charge < -0.3 is 9.47 Å². The fourth-order valence-corrected chi connectivity index (χ4v) is 4.81. The molecule has 0 aromatic heterocycles. The van der Waals surface area contributed by atoms with Crippen LogP contribution in [0.3, 0.4) is 0 Å². The zero-order valence-electron chi connectivity index (χ0n) is 18.8. The second-order valence-electron chi connectivity index (χ2n) is 7.64. The van der Waals surface area contributed by atoms with E-state index in [1.165, 1.54) is 43.5 Å². The highest BCUT2D eigenvalue weighted by Crippen LogP contribution is 2.39. The third-order valence-electron chi connectivity index (χ3n) is 5.21. The molecule has 4 rings (SSSR count). The van der Waals surface area contributed by atoms with E-state index in [1.807, 2.05) is 0 Å². The molecule has 2 amide bonds. The van der Waals surface area contributed by atoms with E-state index in [1.54, 1.807) is 30.3 Å². The quantitative estimate of drug-likeness (QED) is 0.177. The second-order valence-corrected chi connectivity index (χ2v) is 9.49. The molecule has 0 bridgehead atoms. The van der Waals surface area contributed by atoms with Crippen LogP contribution in [0.1, 0.15) is 16.7 Å². The van der Waals surface area contributed by atoms with E-state index in [0.29, 0.717) is 27.1 Å². The third kappa shape index (κ3) is 5.74. The van der Waals surface area contributed by atoms with Crippen LogP contribution >= 0.6 is 27.7 Å². The van der Waals surface area contributed by atoms with Crippen molar-refractivity contribution in [3.8, 4) is 11.5 Å². The molecule has 1 saturated heterocycles. The smallest absolute Gasteiger partial charge is 0.293 e. The lowest BCUT2D eigenvalue weighted by Gasteiger charge is -2.14. The number of hydrogen-bond acceptors (Lipinski definition) is 7. The van der Waals surface area contributed by atoms with E-state index in [0.717, 1.165) is 22.2 Å². The number of ether oxygens (including phenoxy) is 2. The summed E-state index contributed by atoms with van der Waals surface area (Å²) in [5.74, 6) is 0.0437. The number of amides is 2. The van der Waals surface area contributed by atoms with Gasteiger partial charge in [-0.2, -0.15) is 0 Å². The van der Waals surface area contributed by atoms with Gasteiger partial charge in [-0.25, -0.2) is 4.39 Å². The Bertz CT molecular complexity index is 1360. The summed E-state index contributed by atoms with van der Waals surface area (Å²) in [6.07, 6.45) is 1.58. The molecule has 0 radical (unpaired) electrons. The fourth-order valence-electron chi connectivity index (χ4n) is 3.39. The van der Waals surface area contributed by atoms with Gasteiger partial charge in [0, 0.05) is 12.1 Å². The first-order valence-electron chi connectivity index (χ1n) is 10.5. The maximum Gasteiger partial charge on any atom is 0.293 e. The highest BCUT2D eigenvalue weighted by atomic mass is 79.9. The summed E-state index contributed by atoms with van der Waals surface area (Å²) in [5, 5.41) is 10.4. The summed E-state index contributed by atoms with van der Waals surface area (Å²) in [4.78, 5) is 37.0. The van der Waals surface area contributed by atoms with Crippen LogP contribution in [0.4, 0.5) is 14.9 Å². The standard InChI is InChI=1S/C25H18BrFN2O6S/c1-34-21-11-17(10-20(26)23(21)35-14-16-2-6-18(27)7-3-16)12-22-24(30)28(25(31)36-22)13-15-4-8-19(9-5-15)29(32)33/h2-12H,13-14H2,1H3/b22-12+. The van der Waals surface area contributed by atoms with Crippen molar-refractivity contribution in [1.82, 2.24) is 4.90 Å². The number of benzene rings is 3. The molecule has 0 spiro atoms. The lowest BCUT2D eigenvalue weighted by molar-refractivity contribution is -0.384. The van der Waals surface area contributed by atoms with Crippen molar-refractivity contribution in [2.24, 2.45) is 0 Å². The van der Waals surface area contributed by atoms with Gasteiger partial charge in [0.25, 0.3) is 16.8 Å². The van der Waals surface area contributed by atoms with Crippen LogP contribution in [0.25, 0.3) is 6.08 Å². The van der Waals surface area contributed by atoms with Crippen molar-refractivity contribution in [2.75, 3.05) is 7.11 Å². The van der Waals surface area contributed by atoms with E-state index >= 15 is 0 Å². The molecule has 3 aromatic carbocycles. The van der Waals surface area contributed by atoms with Crippen molar-refractivity contribution < 1.29 is 28.4 Å². The lowest BCUT2D eigenvalue weighted by atomic mass is 10.1. The normalized spacial score (nSPS) is 14.4. The Labute approximate surface area is 218 Å². The minimum atomic E-state index is -0.516. The molecule has 11 heteroatoms. The first-order valence-corrected chi connectivity index (χ1v) is 12.1. The molecule has 1 heterocycles. The minimum Gasteiger partial charge on any atom is -0.493 e. The monoisotopic (exact) mass is 572 g/mol. The summed E-state index contributed by atoms with van der Waals surface area (Å²) in [7, 11) is 1.48. The number of hydrogen-bond donors (Lipinski definition) is 0. The molecule has 0 aliphatic carbocycles. The van der Waals surface area contributed by atoms with E-state index in [4.69, 9.17) is 9.47 Å². The molecule has 8 nitrogen and oxygen atoms in total. The average molecular weight is 573 g/mol. The van der Waals surface area contributed by atoms with Crippen LogP contribution in [0, 0.1) is 15.9 Å². The van der Waals surface area contributed by atoms with Gasteiger partial charge in [0.2, 0.25) is 0 Å². The van der Waals surface area contributed by atoms with E-state index in [2.05, 4.69) is 15.9 Å². The molecule has 0 unspecified atom stereocenters. The molecule has 1 aliphatic heterocycles. The second kappa shape index (κ2) is 10.9. The predicted octanol–water partition coefficient (Wildman–Crippen LogP) is 6.32. The molecule has 0 saturated carbocycles. The number of nitro benzene ring substituents is 1. The van der Waals surface area contributed by atoms with Crippen LogP contribution < -0.4 is 9.47 Å². The zero-order chi connectivity index (χ0) is 25.8. The largest absolute Gasteiger partial charge is 0.493 e. The number of non-ortho nitro benzene ring substituents is 1.